The van der Waals surface area contributed by atoms with Gasteiger partial charge in [0.05, 0.1) is 13.1 Å². The molecule has 0 atom stereocenters. The van der Waals surface area contributed by atoms with Crippen LogP contribution in [-0.2, 0) is 17.6 Å². The lowest BCUT2D eigenvalue weighted by atomic mass is 10.1. The van der Waals surface area contributed by atoms with Gasteiger partial charge in [-0.3, -0.25) is 14.7 Å². The minimum Gasteiger partial charge on any atom is -0.350 e. The Kier molecular flexibility index (Phi) is 6.91. The molecule has 31 heavy (non-hydrogen) atoms. The van der Waals surface area contributed by atoms with E-state index >= 15 is 0 Å². The van der Waals surface area contributed by atoms with E-state index in [0.29, 0.717) is 18.1 Å². The number of nitrogens with one attached hydrogen (secondary N) is 1. The van der Waals surface area contributed by atoms with Gasteiger partial charge in [-0.2, -0.15) is 0 Å². The fourth-order valence-electron chi connectivity index (χ4n) is 3.52. The van der Waals surface area contributed by atoms with Gasteiger partial charge < -0.3 is 10.2 Å². The molecule has 0 saturated carbocycles. The molecule has 164 valence electrons. The van der Waals surface area contributed by atoms with Crippen molar-refractivity contribution in [3.8, 4) is 23.4 Å². The van der Waals surface area contributed by atoms with Gasteiger partial charge in [-0.1, -0.05) is 11.8 Å². The van der Waals surface area contributed by atoms with Gasteiger partial charge in [0.1, 0.15) is 11.5 Å². The second-order valence-electron chi connectivity index (χ2n) is 9.27. The SMILES string of the molecule is CN(C)CC#Cc1ccnc(-c2nc3c(c(N(C)CC(=O)NC(C)(C)C)n2)CCC3)c1. The van der Waals surface area contributed by atoms with Crippen molar-refractivity contribution < 1.29 is 4.79 Å². The van der Waals surface area contributed by atoms with Gasteiger partial charge in [0.15, 0.2) is 5.82 Å². The first-order valence-electron chi connectivity index (χ1n) is 10.6. The van der Waals surface area contributed by atoms with Gasteiger partial charge in [-0.15, -0.1) is 0 Å². The Morgan fingerprint density at radius 3 is 2.68 bits per heavy atom. The lowest BCUT2D eigenvalue weighted by molar-refractivity contribution is -0.121. The van der Waals surface area contributed by atoms with Crippen molar-refractivity contribution in [2.75, 3.05) is 39.1 Å². The second-order valence-corrected chi connectivity index (χ2v) is 9.27. The zero-order valence-corrected chi connectivity index (χ0v) is 19.4. The van der Waals surface area contributed by atoms with Crippen molar-refractivity contribution in [1.82, 2.24) is 25.2 Å². The van der Waals surface area contributed by atoms with Gasteiger partial charge in [0, 0.05) is 35.6 Å². The largest absolute Gasteiger partial charge is 0.350 e. The van der Waals surface area contributed by atoms with Crippen molar-refractivity contribution in [2.24, 2.45) is 0 Å². The predicted molar refractivity (Wildman–Crippen MR) is 124 cm³/mol. The number of likely N-dealkylation sites (N-methyl/N-ethyl adjacent to an activating group) is 1. The number of carbonyl (C=O) groups is 1. The van der Waals surface area contributed by atoms with Crippen LogP contribution in [0.15, 0.2) is 18.3 Å². The number of anilines is 1. The summed E-state index contributed by atoms with van der Waals surface area (Å²) in [6.45, 7) is 6.87. The van der Waals surface area contributed by atoms with Gasteiger partial charge in [0.2, 0.25) is 5.91 Å². The number of aryl methyl sites for hydroxylation is 1. The van der Waals surface area contributed by atoms with Crippen LogP contribution in [0.2, 0.25) is 0 Å². The summed E-state index contributed by atoms with van der Waals surface area (Å²) in [5.41, 5.74) is 3.50. The minimum absolute atomic E-state index is 0.0294. The van der Waals surface area contributed by atoms with Crippen molar-refractivity contribution in [1.29, 1.82) is 0 Å². The van der Waals surface area contributed by atoms with E-state index in [1.165, 1.54) is 0 Å². The summed E-state index contributed by atoms with van der Waals surface area (Å²) in [5, 5.41) is 3.01. The number of hydrogen-bond acceptors (Lipinski definition) is 6. The van der Waals surface area contributed by atoms with E-state index in [9.17, 15) is 4.79 Å². The Labute approximate surface area is 185 Å². The molecular formula is C24H32N6O. The molecule has 0 saturated heterocycles. The quantitative estimate of drug-likeness (QED) is 0.748. The fourth-order valence-corrected chi connectivity index (χ4v) is 3.52. The van der Waals surface area contributed by atoms with Crippen LogP contribution in [-0.4, -0.2) is 65.5 Å². The van der Waals surface area contributed by atoms with Gasteiger partial charge in [0.25, 0.3) is 0 Å². The molecule has 7 heteroatoms. The molecule has 1 amide bonds. The van der Waals surface area contributed by atoms with E-state index in [0.717, 1.165) is 41.9 Å². The van der Waals surface area contributed by atoms with Crippen LogP contribution in [0.1, 0.15) is 44.0 Å². The van der Waals surface area contributed by atoms with Crippen molar-refractivity contribution in [3.05, 3.63) is 35.2 Å². The zero-order chi connectivity index (χ0) is 22.6. The number of hydrogen-bond donors (Lipinski definition) is 1. The van der Waals surface area contributed by atoms with Crippen molar-refractivity contribution in [3.63, 3.8) is 0 Å². The normalized spacial score (nSPS) is 12.9. The van der Waals surface area contributed by atoms with E-state index in [2.05, 4.69) is 22.1 Å². The van der Waals surface area contributed by atoms with Gasteiger partial charge in [-0.25, -0.2) is 9.97 Å². The minimum atomic E-state index is -0.269. The Balaban J connectivity index is 1.90. The molecule has 0 bridgehead atoms. The molecule has 1 N–H and O–H groups in total. The molecular weight excluding hydrogens is 388 g/mol. The van der Waals surface area contributed by atoms with Crippen molar-refractivity contribution in [2.45, 2.75) is 45.6 Å². The molecule has 0 aliphatic heterocycles. The number of amides is 1. The van der Waals surface area contributed by atoms with Gasteiger partial charge >= 0.3 is 0 Å². The molecule has 0 aromatic carbocycles. The smallest absolute Gasteiger partial charge is 0.239 e. The van der Waals surface area contributed by atoms with Crippen LogP contribution in [0, 0.1) is 11.8 Å². The molecule has 3 rings (SSSR count). The van der Waals surface area contributed by atoms with E-state index < -0.39 is 0 Å². The van der Waals surface area contributed by atoms with E-state index in [1.54, 1.807) is 6.20 Å². The summed E-state index contributed by atoms with van der Waals surface area (Å²) in [6.07, 6.45) is 4.64. The highest BCUT2D eigenvalue weighted by Crippen LogP contribution is 2.30. The maximum absolute atomic E-state index is 12.5. The van der Waals surface area contributed by atoms with Crippen LogP contribution in [0.25, 0.3) is 11.5 Å². The van der Waals surface area contributed by atoms with E-state index in [4.69, 9.17) is 9.97 Å². The number of fused-ring (bicyclic) bond motifs is 1. The summed E-state index contributed by atoms with van der Waals surface area (Å²) >= 11 is 0. The number of aromatic nitrogens is 3. The van der Waals surface area contributed by atoms with E-state index in [1.807, 2.05) is 63.8 Å². The van der Waals surface area contributed by atoms with Gasteiger partial charge in [-0.05, 0) is 66.3 Å². The average Bonchev–Trinajstić information content (AvgIpc) is 3.14. The highest BCUT2D eigenvalue weighted by molar-refractivity contribution is 5.82. The predicted octanol–water partition coefficient (Wildman–Crippen LogP) is 2.29. The lowest BCUT2D eigenvalue weighted by Crippen LogP contribution is -2.45. The molecule has 0 spiro atoms. The number of nitrogens with zero attached hydrogens (tertiary/aromatic N) is 5. The van der Waals surface area contributed by atoms with Crippen LogP contribution in [0.5, 0.6) is 0 Å². The summed E-state index contributed by atoms with van der Waals surface area (Å²) in [5.74, 6) is 7.68. The summed E-state index contributed by atoms with van der Waals surface area (Å²) < 4.78 is 0. The number of rotatable bonds is 5. The van der Waals surface area contributed by atoms with Crippen LogP contribution in [0.4, 0.5) is 5.82 Å². The maximum Gasteiger partial charge on any atom is 0.239 e. The maximum atomic E-state index is 12.5. The molecule has 0 fully saturated rings. The zero-order valence-electron chi connectivity index (χ0n) is 19.4. The fraction of sp³-hybridized carbons (Fsp3) is 0.500. The average molecular weight is 421 g/mol. The Morgan fingerprint density at radius 2 is 1.97 bits per heavy atom. The molecule has 1 aliphatic carbocycles. The third-order valence-corrected chi connectivity index (χ3v) is 4.79. The summed E-state index contributed by atoms with van der Waals surface area (Å²) in [4.78, 5) is 30.5. The molecule has 2 aromatic heterocycles. The van der Waals surface area contributed by atoms with Crippen LogP contribution in [0.3, 0.4) is 0 Å². The highest BCUT2D eigenvalue weighted by Gasteiger charge is 2.24. The van der Waals surface area contributed by atoms with Crippen LogP contribution < -0.4 is 10.2 Å². The number of carbonyl (C=O) groups excluding carboxylic acids is 1. The number of pyridine rings is 1. The molecule has 2 aromatic rings. The van der Waals surface area contributed by atoms with E-state index in [-0.39, 0.29) is 18.0 Å². The van der Waals surface area contributed by atoms with Crippen LogP contribution >= 0.6 is 0 Å². The Hall–Kier alpha value is -2.98. The topological polar surface area (TPSA) is 74.2 Å². The summed E-state index contributed by atoms with van der Waals surface area (Å²) in [6, 6.07) is 3.82. The Bertz CT molecular complexity index is 1010. The third kappa shape index (κ3) is 6.25. The molecule has 7 nitrogen and oxygen atoms in total. The van der Waals surface area contributed by atoms with Crippen molar-refractivity contribution >= 4 is 11.7 Å². The standard InChI is InChI=1S/C24H32N6O/c1-24(2,3)28-21(31)16-30(6)23-18-10-7-11-19(18)26-22(27-23)20-15-17(12-13-25-20)9-8-14-29(4)5/h12-13,15H,7,10-11,14,16H2,1-6H3,(H,28,31). The highest BCUT2D eigenvalue weighted by atomic mass is 16.2. The molecule has 1 aliphatic rings. The third-order valence-electron chi connectivity index (χ3n) is 4.79. The monoisotopic (exact) mass is 420 g/mol. The first-order valence-corrected chi connectivity index (χ1v) is 10.6. The summed E-state index contributed by atoms with van der Waals surface area (Å²) in [7, 11) is 5.89. The second kappa shape index (κ2) is 9.44. The molecule has 0 unspecified atom stereocenters. The lowest BCUT2D eigenvalue weighted by Gasteiger charge is -2.25. The molecule has 2 heterocycles. The first-order chi connectivity index (χ1) is 14.6. The first kappa shape index (κ1) is 22.7. The molecule has 0 radical (unpaired) electrons. The Morgan fingerprint density at radius 1 is 1.19 bits per heavy atom.